The van der Waals surface area contributed by atoms with E-state index in [0.29, 0.717) is 19.0 Å². The van der Waals surface area contributed by atoms with E-state index in [2.05, 4.69) is 45.6 Å². The highest BCUT2D eigenvalue weighted by Crippen LogP contribution is 2.31. The Morgan fingerprint density at radius 1 is 1.15 bits per heavy atom. The zero-order chi connectivity index (χ0) is 18.6. The van der Waals surface area contributed by atoms with Gasteiger partial charge in [-0.05, 0) is 35.7 Å². The van der Waals surface area contributed by atoms with Crippen molar-refractivity contribution in [1.82, 2.24) is 9.78 Å². The summed E-state index contributed by atoms with van der Waals surface area (Å²) in [6.07, 6.45) is 7.00. The largest absolute Gasteiger partial charge is 0.374 e. The number of carbonyl (C=O) groups is 1. The molecule has 1 saturated carbocycles. The number of aromatic nitrogens is 2. The maximum absolute atomic E-state index is 12.4. The highest BCUT2D eigenvalue weighted by molar-refractivity contribution is 5.90. The van der Waals surface area contributed by atoms with Gasteiger partial charge < -0.3 is 10.2 Å². The number of hydrogen-bond acceptors (Lipinski definition) is 3. The predicted molar refractivity (Wildman–Crippen MR) is 110 cm³/mol. The van der Waals surface area contributed by atoms with Crippen LogP contribution in [0, 0.1) is 0 Å². The lowest BCUT2D eigenvalue weighted by Gasteiger charge is -2.20. The highest BCUT2D eigenvalue weighted by atomic mass is 16.1. The summed E-state index contributed by atoms with van der Waals surface area (Å²) in [4.78, 5) is 14.6. The van der Waals surface area contributed by atoms with Crippen LogP contribution >= 0.6 is 0 Å². The van der Waals surface area contributed by atoms with E-state index in [0.717, 1.165) is 24.3 Å². The molecule has 27 heavy (non-hydrogen) atoms. The zero-order valence-electron chi connectivity index (χ0n) is 15.8. The van der Waals surface area contributed by atoms with Crippen LogP contribution in [0.3, 0.4) is 0 Å². The van der Waals surface area contributed by atoms with E-state index in [9.17, 15) is 4.79 Å². The first-order valence-corrected chi connectivity index (χ1v) is 9.74. The van der Waals surface area contributed by atoms with Crippen molar-refractivity contribution in [1.29, 1.82) is 0 Å². The van der Waals surface area contributed by atoms with Crippen molar-refractivity contribution in [2.24, 2.45) is 0 Å². The Morgan fingerprint density at radius 2 is 1.93 bits per heavy atom. The lowest BCUT2D eigenvalue weighted by molar-refractivity contribution is -0.116. The minimum atomic E-state index is 0.0300. The number of fused-ring (bicyclic) bond motifs is 1. The molecule has 1 fully saturated rings. The average molecular weight is 362 g/mol. The van der Waals surface area contributed by atoms with E-state index in [1.807, 2.05) is 29.9 Å². The molecule has 1 heterocycles. The van der Waals surface area contributed by atoms with Gasteiger partial charge in [-0.1, -0.05) is 43.2 Å². The summed E-state index contributed by atoms with van der Waals surface area (Å²) >= 11 is 0. The molecule has 5 nitrogen and oxygen atoms in total. The van der Waals surface area contributed by atoms with Gasteiger partial charge in [0.25, 0.3) is 0 Å². The molecule has 1 aromatic heterocycles. The number of nitrogens with one attached hydrogen (secondary N) is 1. The van der Waals surface area contributed by atoms with E-state index in [1.165, 1.54) is 23.6 Å². The Balaban J connectivity index is 1.35. The van der Waals surface area contributed by atoms with Crippen LogP contribution in [0.5, 0.6) is 0 Å². The number of carbonyl (C=O) groups excluding carboxylic acids is 1. The molecule has 0 bridgehead atoms. The van der Waals surface area contributed by atoms with Gasteiger partial charge in [-0.15, -0.1) is 0 Å². The fourth-order valence-corrected chi connectivity index (χ4v) is 3.87. The molecule has 0 spiro atoms. The third-order valence-electron chi connectivity index (χ3n) is 5.46. The van der Waals surface area contributed by atoms with Crippen LogP contribution in [0.1, 0.15) is 38.1 Å². The van der Waals surface area contributed by atoms with Gasteiger partial charge >= 0.3 is 0 Å². The Bertz CT molecular complexity index is 927. The molecule has 4 rings (SSSR count). The second-order valence-corrected chi connectivity index (χ2v) is 7.35. The quantitative estimate of drug-likeness (QED) is 0.696. The monoisotopic (exact) mass is 362 g/mol. The molecule has 140 valence electrons. The zero-order valence-corrected chi connectivity index (χ0v) is 15.8. The highest BCUT2D eigenvalue weighted by Gasteiger charge is 2.20. The van der Waals surface area contributed by atoms with Gasteiger partial charge in [0, 0.05) is 31.8 Å². The Labute approximate surface area is 160 Å². The Hall–Kier alpha value is -2.82. The van der Waals surface area contributed by atoms with Crippen molar-refractivity contribution < 1.29 is 4.79 Å². The predicted octanol–water partition coefficient (Wildman–Crippen LogP) is 4.62. The number of benzene rings is 2. The Kier molecular flexibility index (Phi) is 5.10. The van der Waals surface area contributed by atoms with Crippen molar-refractivity contribution in [3.05, 3.63) is 54.7 Å². The topological polar surface area (TPSA) is 50.2 Å². The lowest BCUT2D eigenvalue weighted by Crippen LogP contribution is -2.25. The maximum atomic E-state index is 12.4. The fraction of sp³-hybridized carbons (Fsp3) is 0.364. The van der Waals surface area contributed by atoms with E-state index in [1.54, 1.807) is 6.20 Å². The third kappa shape index (κ3) is 3.97. The summed E-state index contributed by atoms with van der Waals surface area (Å²) in [6, 6.07) is 17.0. The molecular formula is C22H26N4O. The molecule has 5 heteroatoms. The van der Waals surface area contributed by atoms with Crippen molar-refractivity contribution >= 4 is 28.2 Å². The normalized spacial score (nSPS) is 14.6. The molecule has 1 aliphatic carbocycles. The van der Waals surface area contributed by atoms with Crippen molar-refractivity contribution in [3.8, 4) is 0 Å². The molecule has 1 aliphatic rings. The van der Waals surface area contributed by atoms with E-state index in [-0.39, 0.29) is 5.91 Å². The van der Waals surface area contributed by atoms with Crippen LogP contribution in [-0.4, -0.2) is 29.3 Å². The van der Waals surface area contributed by atoms with E-state index >= 15 is 0 Å². The molecule has 0 atom stereocenters. The lowest BCUT2D eigenvalue weighted by atomic mass is 10.1. The molecule has 0 radical (unpaired) electrons. The summed E-state index contributed by atoms with van der Waals surface area (Å²) < 4.78 is 1.98. The average Bonchev–Trinajstić information content (AvgIpc) is 3.37. The third-order valence-corrected chi connectivity index (χ3v) is 5.46. The number of amides is 1. The molecule has 0 unspecified atom stereocenters. The second kappa shape index (κ2) is 7.82. The van der Waals surface area contributed by atoms with E-state index < -0.39 is 0 Å². The smallest absolute Gasteiger partial charge is 0.227 e. The first kappa shape index (κ1) is 17.6. The minimum Gasteiger partial charge on any atom is -0.374 e. The standard InChI is InChI=1S/C22H26N4O/c1-25(20-11-10-17-6-2-3-7-18(17)16-20)15-13-22(27)24-21-12-14-23-26(21)19-8-4-5-9-19/h2-3,6-7,10-12,14,16,19H,4-5,8-9,13,15H2,1H3,(H,24,27). The number of rotatable bonds is 6. The van der Waals surface area contributed by atoms with Gasteiger partial charge in [0.15, 0.2) is 0 Å². The van der Waals surface area contributed by atoms with Crippen LogP contribution in [-0.2, 0) is 4.79 Å². The maximum Gasteiger partial charge on any atom is 0.227 e. The van der Waals surface area contributed by atoms with Crippen LogP contribution in [0.25, 0.3) is 10.8 Å². The summed E-state index contributed by atoms with van der Waals surface area (Å²) in [5, 5.41) is 9.90. The molecule has 1 amide bonds. The molecule has 3 aromatic rings. The number of hydrogen-bond donors (Lipinski definition) is 1. The van der Waals surface area contributed by atoms with Gasteiger partial charge in [0.05, 0.1) is 12.2 Å². The van der Waals surface area contributed by atoms with Crippen LogP contribution in [0.2, 0.25) is 0 Å². The first-order valence-electron chi connectivity index (χ1n) is 9.74. The molecule has 2 aromatic carbocycles. The summed E-state index contributed by atoms with van der Waals surface area (Å²) in [7, 11) is 2.03. The minimum absolute atomic E-state index is 0.0300. The number of anilines is 2. The van der Waals surface area contributed by atoms with Crippen molar-refractivity contribution in [2.45, 2.75) is 38.1 Å². The molecular weight excluding hydrogens is 336 g/mol. The van der Waals surface area contributed by atoms with Gasteiger partial charge in [0.1, 0.15) is 5.82 Å². The summed E-state index contributed by atoms with van der Waals surface area (Å²) in [6.45, 7) is 0.668. The summed E-state index contributed by atoms with van der Waals surface area (Å²) in [5.74, 6) is 0.850. The van der Waals surface area contributed by atoms with Gasteiger partial charge in [-0.2, -0.15) is 5.10 Å². The van der Waals surface area contributed by atoms with Gasteiger partial charge in [0.2, 0.25) is 5.91 Å². The fourth-order valence-electron chi connectivity index (χ4n) is 3.87. The molecule has 0 aliphatic heterocycles. The van der Waals surface area contributed by atoms with Crippen molar-refractivity contribution in [3.63, 3.8) is 0 Å². The second-order valence-electron chi connectivity index (χ2n) is 7.35. The van der Waals surface area contributed by atoms with Gasteiger partial charge in [-0.25, -0.2) is 4.68 Å². The van der Waals surface area contributed by atoms with Crippen molar-refractivity contribution in [2.75, 3.05) is 23.8 Å². The molecule has 1 N–H and O–H groups in total. The van der Waals surface area contributed by atoms with Crippen LogP contribution in [0.15, 0.2) is 54.7 Å². The van der Waals surface area contributed by atoms with Gasteiger partial charge in [-0.3, -0.25) is 4.79 Å². The number of nitrogens with zero attached hydrogens (tertiary/aromatic N) is 3. The SMILES string of the molecule is CN(CCC(=O)Nc1ccnn1C1CCCC1)c1ccc2ccccc2c1. The Morgan fingerprint density at radius 3 is 2.74 bits per heavy atom. The summed E-state index contributed by atoms with van der Waals surface area (Å²) in [5.41, 5.74) is 1.12. The van der Waals surface area contributed by atoms with Crippen LogP contribution in [0.4, 0.5) is 11.5 Å². The first-order chi connectivity index (χ1) is 13.2. The molecule has 0 saturated heterocycles. The van der Waals surface area contributed by atoms with Crippen LogP contribution < -0.4 is 10.2 Å². The van der Waals surface area contributed by atoms with E-state index in [4.69, 9.17) is 0 Å².